The van der Waals surface area contributed by atoms with Gasteiger partial charge in [0.05, 0.1) is 4.90 Å². The van der Waals surface area contributed by atoms with Crippen molar-refractivity contribution in [3.05, 3.63) is 93.6 Å². The summed E-state index contributed by atoms with van der Waals surface area (Å²) >= 11 is 6.85. The first kappa shape index (κ1) is 20.8. The van der Waals surface area contributed by atoms with Crippen molar-refractivity contribution in [1.82, 2.24) is 9.55 Å². The van der Waals surface area contributed by atoms with Crippen molar-refractivity contribution in [2.75, 3.05) is 5.32 Å². The third kappa shape index (κ3) is 4.21. The minimum atomic E-state index is -3.82. The van der Waals surface area contributed by atoms with Gasteiger partial charge in [0, 0.05) is 20.3 Å². The molecule has 0 spiro atoms. The predicted octanol–water partition coefficient (Wildman–Crippen LogP) is 6.28. The highest BCUT2D eigenvalue weighted by atomic mass is 79.9. The number of nitrogens with one attached hydrogen (secondary N) is 1. The number of anilines is 2. The molecule has 8 heteroatoms. The van der Waals surface area contributed by atoms with Gasteiger partial charge < -0.3 is 5.32 Å². The number of benzene rings is 3. The van der Waals surface area contributed by atoms with Crippen LogP contribution in [0.1, 0.15) is 5.56 Å². The van der Waals surface area contributed by atoms with Crippen LogP contribution in [0.25, 0.3) is 5.69 Å². The minimum absolute atomic E-state index is 0.0304. The number of aromatic nitrogens is 2. The van der Waals surface area contributed by atoms with Crippen molar-refractivity contribution in [2.24, 2.45) is 0 Å². The monoisotopic (exact) mass is 545 g/mol. The van der Waals surface area contributed by atoms with Gasteiger partial charge in [-0.2, -0.15) is 0 Å². The van der Waals surface area contributed by atoms with Gasteiger partial charge in [0.15, 0.2) is 5.82 Å². The largest absolute Gasteiger partial charge is 0.339 e. The second-order valence-corrected chi connectivity index (χ2v) is 10.4. The van der Waals surface area contributed by atoms with E-state index in [2.05, 4.69) is 42.2 Å². The van der Waals surface area contributed by atoms with Crippen LogP contribution in [0.3, 0.4) is 0 Å². The van der Waals surface area contributed by atoms with Crippen LogP contribution >= 0.6 is 31.9 Å². The van der Waals surface area contributed by atoms with E-state index in [1.54, 1.807) is 28.8 Å². The smallest absolute Gasteiger partial charge is 0.227 e. The van der Waals surface area contributed by atoms with Crippen LogP contribution in [0.4, 0.5) is 11.5 Å². The van der Waals surface area contributed by atoms with Crippen molar-refractivity contribution < 1.29 is 8.42 Å². The fourth-order valence-electron chi connectivity index (χ4n) is 2.94. The van der Waals surface area contributed by atoms with Gasteiger partial charge >= 0.3 is 0 Å². The normalized spacial score (nSPS) is 11.4. The standard InChI is InChI=1S/C22H17Br2N3O2S/c1-15-2-12-20(13-3-15)30(28,29)22-21(26-18-8-4-16(23)5-9-18)27(14-25-22)19-10-6-17(24)7-11-19/h2-14,26H,1H3. The zero-order valence-corrected chi connectivity index (χ0v) is 19.9. The Kier molecular flexibility index (Phi) is 5.81. The molecule has 0 radical (unpaired) electrons. The molecule has 3 aromatic carbocycles. The average Bonchev–Trinajstić information content (AvgIpc) is 3.15. The van der Waals surface area contributed by atoms with Gasteiger partial charge in [0.2, 0.25) is 14.9 Å². The second-order valence-electron chi connectivity index (χ2n) is 6.69. The molecule has 0 bridgehead atoms. The summed E-state index contributed by atoms with van der Waals surface area (Å²) in [5.41, 5.74) is 2.52. The summed E-state index contributed by atoms with van der Waals surface area (Å²) in [4.78, 5) is 4.49. The molecule has 0 amide bonds. The van der Waals surface area contributed by atoms with Gasteiger partial charge in [0.25, 0.3) is 0 Å². The van der Waals surface area contributed by atoms with Crippen LogP contribution in [0.15, 0.2) is 98.0 Å². The quantitative estimate of drug-likeness (QED) is 0.320. The van der Waals surface area contributed by atoms with E-state index < -0.39 is 9.84 Å². The Labute approximate surface area is 192 Å². The molecule has 0 saturated carbocycles. The zero-order valence-electron chi connectivity index (χ0n) is 15.9. The molecular formula is C22H17Br2N3O2S. The summed E-state index contributed by atoms with van der Waals surface area (Å²) in [6.45, 7) is 1.92. The molecule has 1 N–H and O–H groups in total. The Hall–Kier alpha value is -2.42. The lowest BCUT2D eigenvalue weighted by Crippen LogP contribution is -2.08. The van der Waals surface area contributed by atoms with Crippen LogP contribution in [0.5, 0.6) is 0 Å². The maximum atomic E-state index is 13.4. The Bertz CT molecular complexity index is 1280. The minimum Gasteiger partial charge on any atom is -0.339 e. The predicted molar refractivity (Wildman–Crippen MR) is 125 cm³/mol. The van der Waals surface area contributed by atoms with E-state index >= 15 is 0 Å². The lowest BCUT2D eigenvalue weighted by molar-refractivity contribution is 0.593. The maximum absolute atomic E-state index is 13.4. The molecule has 5 nitrogen and oxygen atoms in total. The van der Waals surface area contributed by atoms with Gasteiger partial charge in [-0.25, -0.2) is 13.4 Å². The highest BCUT2D eigenvalue weighted by molar-refractivity contribution is 9.10. The maximum Gasteiger partial charge on any atom is 0.227 e. The molecule has 0 unspecified atom stereocenters. The molecule has 4 rings (SSSR count). The molecule has 0 saturated heterocycles. The number of imidazole rings is 1. The van der Waals surface area contributed by atoms with E-state index in [0.29, 0.717) is 5.82 Å². The first-order chi connectivity index (χ1) is 14.3. The summed E-state index contributed by atoms with van der Waals surface area (Å²) in [6.07, 6.45) is 1.52. The molecule has 1 heterocycles. The summed E-state index contributed by atoms with van der Waals surface area (Å²) in [7, 11) is -3.82. The molecule has 152 valence electrons. The fraction of sp³-hybridized carbons (Fsp3) is 0.0455. The Morgan fingerprint density at radius 1 is 0.833 bits per heavy atom. The molecule has 0 fully saturated rings. The molecule has 0 aliphatic carbocycles. The van der Waals surface area contributed by atoms with Crippen molar-refractivity contribution in [3.8, 4) is 5.69 Å². The van der Waals surface area contributed by atoms with Crippen LogP contribution < -0.4 is 5.32 Å². The van der Waals surface area contributed by atoms with E-state index in [1.807, 2.05) is 55.5 Å². The number of rotatable bonds is 5. The Morgan fingerprint density at radius 2 is 1.40 bits per heavy atom. The van der Waals surface area contributed by atoms with Gasteiger partial charge in [-0.1, -0.05) is 49.6 Å². The molecule has 4 aromatic rings. The van der Waals surface area contributed by atoms with Crippen molar-refractivity contribution in [2.45, 2.75) is 16.8 Å². The lowest BCUT2D eigenvalue weighted by atomic mass is 10.2. The van der Waals surface area contributed by atoms with Gasteiger partial charge in [0.1, 0.15) is 6.33 Å². The molecule has 0 atom stereocenters. The number of nitrogens with zero attached hydrogens (tertiary/aromatic N) is 2. The van der Waals surface area contributed by atoms with Gasteiger partial charge in [-0.15, -0.1) is 0 Å². The fourth-order valence-corrected chi connectivity index (χ4v) is 4.78. The summed E-state index contributed by atoms with van der Waals surface area (Å²) in [5, 5.41) is 3.21. The molecular weight excluding hydrogens is 530 g/mol. The topological polar surface area (TPSA) is 64.0 Å². The first-order valence-electron chi connectivity index (χ1n) is 9.02. The summed E-state index contributed by atoms with van der Waals surface area (Å²) < 4.78 is 30.4. The summed E-state index contributed by atoms with van der Waals surface area (Å²) in [5.74, 6) is 0.375. The van der Waals surface area contributed by atoms with E-state index in [9.17, 15) is 8.42 Å². The van der Waals surface area contributed by atoms with Crippen molar-refractivity contribution >= 4 is 53.2 Å². The highest BCUT2D eigenvalue weighted by Crippen LogP contribution is 2.32. The average molecular weight is 547 g/mol. The second kappa shape index (κ2) is 8.37. The SMILES string of the molecule is Cc1ccc(S(=O)(=O)c2ncn(-c3ccc(Br)cc3)c2Nc2ccc(Br)cc2)cc1. The third-order valence-corrected chi connectivity index (χ3v) is 7.29. The lowest BCUT2D eigenvalue weighted by Gasteiger charge is -2.13. The van der Waals surface area contributed by atoms with E-state index in [4.69, 9.17) is 0 Å². The van der Waals surface area contributed by atoms with E-state index in [0.717, 1.165) is 25.9 Å². The van der Waals surface area contributed by atoms with Crippen molar-refractivity contribution in [3.63, 3.8) is 0 Å². The first-order valence-corrected chi connectivity index (χ1v) is 12.1. The number of hydrogen-bond donors (Lipinski definition) is 1. The van der Waals surface area contributed by atoms with Crippen LogP contribution in [-0.2, 0) is 9.84 Å². The number of hydrogen-bond acceptors (Lipinski definition) is 4. The van der Waals surface area contributed by atoms with Gasteiger partial charge in [-0.3, -0.25) is 4.57 Å². The van der Waals surface area contributed by atoms with E-state index in [1.165, 1.54) is 6.33 Å². The van der Waals surface area contributed by atoms with Gasteiger partial charge in [-0.05, 0) is 67.6 Å². The molecule has 0 aliphatic heterocycles. The van der Waals surface area contributed by atoms with E-state index in [-0.39, 0.29) is 9.92 Å². The van der Waals surface area contributed by atoms with Crippen LogP contribution in [0.2, 0.25) is 0 Å². The highest BCUT2D eigenvalue weighted by Gasteiger charge is 2.27. The Balaban J connectivity index is 1.86. The Morgan fingerprint density at radius 3 is 2.00 bits per heavy atom. The number of aryl methyl sites for hydroxylation is 1. The van der Waals surface area contributed by atoms with Crippen LogP contribution in [0, 0.1) is 6.92 Å². The number of sulfone groups is 1. The third-order valence-electron chi connectivity index (χ3n) is 4.53. The molecule has 0 aliphatic rings. The number of halogens is 2. The molecule has 1 aromatic heterocycles. The van der Waals surface area contributed by atoms with Crippen molar-refractivity contribution in [1.29, 1.82) is 0 Å². The summed E-state index contributed by atoms with van der Waals surface area (Å²) in [6, 6.07) is 21.8. The zero-order chi connectivity index (χ0) is 21.3. The van der Waals surface area contributed by atoms with Crippen LogP contribution in [-0.4, -0.2) is 18.0 Å². The molecule has 30 heavy (non-hydrogen) atoms.